The fourth-order valence-corrected chi connectivity index (χ4v) is 2.99. The Hall–Kier alpha value is -1.75. The molecule has 0 spiro atoms. The molecule has 0 aliphatic carbocycles. The number of nitrogens with zero attached hydrogens (tertiary/aromatic N) is 1. The minimum Gasteiger partial charge on any atom is -0.493 e. The third kappa shape index (κ3) is 3.35. The summed E-state index contributed by atoms with van der Waals surface area (Å²) >= 11 is 0. The van der Waals surface area contributed by atoms with Gasteiger partial charge in [-0.3, -0.25) is 4.79 Å². The summed E-state index contributed by atoms with van der Waals surface area (Å²) < 4.78 is 10.7. The fourth-order valence-electron chi connectivity index (χ4n) is 2.99. The van der Waals surface area contributed by atoms with Crippen molar-refractivity contribution in [2.75, 3.05) is 40.4 Å². The van der Waals surface area contributed by atoms with Crippen LogP contribution >= 0.6 is 0 Å². The zero-order valence-electron chi connectivity index (χ0n) is 13.9. The number of rotatable bonds is 7. The number of hydrogen-bond donors (Lipinski definition) is 1. The van der Waals surface area contributed by atoms with E-state index in [9.17, 15) is 4.79 Å². The third-order valence-corrected chi connectivity index (χ3v) is 4.44. The maximum Gasteiger partial charge on any atom is 0.251 e. The molecule has 0 fully saturated rings. The Balaban J connectivity index is 2.27. The van der Waals surface area contributed by atoms with Crippen molar-refractivity contribution in [3.05, 3.63) is 23.3 Å². The van der Waals surface area contributed by atoms with E-state index in [1.165, 1.54) is 0 Å². The molecule has 1 aliphatic heterocycles. The summed E-state index contributed by atoms with van der Waals surface area (Å²) in [7, 11) is 3.21. The Morgan fingerprint density at radius 1 is 1.18 bits per heavy atom. The van der Waals surface area contributed by atoms with Crippen LogP contribution in [0.25, 0.3) is 0 Å². The van der Waals surface area contributed by atoms with Crippen molar-refractivity contribution in [2.24, 2.45) is 0 Å². The van der Waals surface area contributed by atoms with Crippen LogP contribution in [0.1, 0.15) is 42.1 Å². The quantitative estimate of drug-likeness (QED) is 0.839. The summed E-state index contributed by atoms with van der Waals surface area (Å²) in [5.41, 5.74) is 1.77. The minimum absolute atomic E-state index is 0.0324. The van der Waals surface area contributed by atoms with Crippen molar-refractivity contribution < 1.29 is 14.3 Å². The summed E-state index contributed by atoms with van der Waals surface area (Å²) in [6.07, 6.45) is 1.02. The van der Waals surface area contributed by atoms with E-state index in [0.717, 1.165) is 31.6 Å². The number of amides is 1. The molecular formula is C17H26N2O3. The van der Waals surface area contributed by atoms with Crippen LogP contribution in [-0.4, -0.2) is 51.2 Å². The molecule has 1 atom stereocenters. The average molecular weight is 306 g/mol. The van der Waals surface area contributed by atoms with Crippen LogP contribution in [0.2, 0.25) is 0 Å². The van der Waals surface area contributed by atoms with Crippen molar-refractivity contribution in [1.82, 2.24) is 10.2 Å². The van der Waals surface area contributed by atoms with E-state index in [0.29, 0.717) is 29.5 Å². The second kappa shape index (κ2) is 7.49. The topological polar surface area (TPSA) is 50.8 Å². The Morgan fingerprint density at radius 3 is 2.41 bits per heavy atom. The van der Waals surface area contributed by atoms with Crippen LogP contribution < -0.4 is 14.8 Å². The highest BCUT2D eigenvalue weighted by atomic mass is 16.5. The zero-order valence-corrected chi connectivity index (χ0v) is 13.9. The molecule has 5 nitrogen and oxygen atoms in total. The van der Waals surface area contributed by atoms with Crippen LogP contribution in [0.15, 0.2) is 12.1 Å². The maximum absolute atomic E-state index is 12.1. The summed E-state index contributed by atoms with van der Waals surface area (Å²) in [5.74, 6) is 1.56. The summed E-state index contributed by atoms with van der Waals surface area (Å²) in [6.45, 7) is 8.16. The van der Waals surface area contributed by atoms with Gasteiger partial charge in [-0.2, -0.15) is 0 Å². The van der Waals surface area contributed by atoms with Crippen molar-refractivity contribution in [3.8, 4) is 11.5 Å². The number of methoxy groups -OCH3 is 2. The van der Waals surface area contributed by atoms with Gasteiger partial charge < -0.3 is 19.7 Å². The van der Waals surface area contributed by atoms with Gasteiger partial charge in [0.05, 0.1) is 14.2 Å². The molecule has 1 aliphatic rings. The molecule has 22 heavy (non-hydrogen) atoms. The fraction of sp³-hybridized carbons (Fsp3) is 0.588. The maximum atomic E-state index is 12.1. The van der Waals surface area contributed by atoms with Gasteiger partial charge in [-0.05, 0) is 43.8 Å². The number of ether oxygens (including phenoxy) is 2. The number of benzene rings is 1. The minimum atomic E-state index is -0.0324. The molecule has 122 valence electrons. The highest BCUT2D eigenvalue weighted by Gasteiger charge is 2.27. The van der Waals surface area contributed by atoms with E-state index >= 15 is 0 Å². The first-order valence-electron chi connectivity index (χ1n) is 7.91. The molecule has 2 rings (SSSR count). The average Bonchev–Trinajstić information content (AvgIpc) is 2.56. The normalized spacial score (nSPS) is 17.1. The highest BCUT2D eigenvalue weighted by Crippen LogP contribution is 2.36. The van der Waals surface area contributed by atoms with E-state index in [1.54, 1.807) is 20.3 Å². The van der Waals surface area contributed by atoms with E-state index < -0.39 is 0 Å². The lowest BCUT2D eigenvalue weighted by Gasteiger charge is -2.29. The van der Waals surface area contributed by atoms with Crippen LogP contribution in [0, 0.1) is 0 Å². The van der Waals surface area contributed by atoms with E-state index in [-0.39, 0.29) is 5.91 Å². The molecule has 1 aromatic carbocycles. The Kier molecular flexibility index (Phi) is 5.66. The van der Waals surface area contributed by atoms with E-state index in [4.69, 9.17) is 9.47 Å². The molecule has 0 saturated carbocycles. The molecule has 1 heterocycles. The van der Waals surface area contributed by atoms with Gasteiger partial charge in [0.2, 0.25) is 0 Å². The van der Waals surface area contributed by atoms with Gasteiger partial charge in [-0.25, -0.2) is 0 Å². The standard InChI is InChI=1S/C17H26N2O3/c1-5-19(6-2)8-7-12-11-18-17(20)14-10-16(22-4)15(21-3)9-13(12)14/h9-10,12H,5-8,11H2,1-4H3,(H,18,20). The van der Waals surface area contributed by atoms with Crippen LogP contribution in [-0.2, 0) is 0 Å². The number of carbonyl (C=O) groups excluding carboxylic acids is 1. The molecule has 1 aromatic rings. The van der Waals surface area contributed by atoms with Crippen LogP contribution in [0.4, 0.5) is 0 Å². The molecule has 1 unspecified atom stereocenters. The predicted molar refractivity (Wildman–Crippen MR) is 87.0 cm³/mol. The lowest BCUT2D eigenvalue weighted by Crippen LogP contribution is -2.36. The zero-order chi connectivity index (χ0) is 16.1. The number of fused-ring (bicyclic) bond motifs is 1. The van der Waals surface area contributed by atoms with Gasteiger partial charge in [0, 0.05) is 18.0 Å². The largest absolute Gasteiger partial charge is 0.493 e. The van der Waals surface area contributed by atoms with Crippen molar-refractivity contribution in [3.63, 3.8) is 0 Å². The van der Waals surface area contributed by atoms with E-state index in [2.05, 4.69) is 24.1 Å². The predicted octanol–water partition coefficient (Wildman–Crippen LogP) is 2.26. The smallest absolute Gasteiger partial charge is 0.251 e. The van der Waals surface area contributed by atoms with Crippen LogP contribution in [0.5, 0.6) is 11.5 Å². The highest BCUT2D eigenvalue weighted by molar-refractivity contribution is 5.97. The van der Waals surface area contributed by atoms with Crippen molar-refractivity contribution >= 4 is 5.91 Å². The lowest BCUT2D eigenvalue weighted by molar-refractivity contribution is 0.0937. The van der Waals surface area contributed by atoms with Crippen LogP contribution in [0.3, 0.4) is 0 Å². The number of nitrogens with one attached hydrogen (secondary N) is 1. The van der Waals surface area contributed by atoms with E-state index in [1.807, 2.05) is 6.07 Å². The lowest BCUT2D eigenvalue weighted by atomic mass is 9.87. The summed E-state index contributed by atoms with van der Waals surface area (Å²) in [6, 6.07) is 3.74. The molecular weight excluding hydrogens is 280 g/mol. The molecule has 0 radical (unpaired) electrons. The molecule has 0 bridgehead atoms. The first-order chi connectivity index (χ1) is 10.6. The Labute approximate surface area is 132 Å². The first-order valence-corrected chi connectivity index (χ1v) is 7.91. The van der Waals surface area contributed by atoms with Gasteiger partial charge in [0.15, 0.2) is 11.5 Å². The van der Waals surface area contributed by atoms with Gasteiger partial charge in [0.25, 0.3) is 5.91 Å². The molecule has 5 heteroatoms. The Morgan fingerprint density at radius 2 is 1.82 bits per heavy atom. The van der Waals surface area contributed by atoms with Crippen molar-refractivity contribution in [1.29, 1.82) is 0 Å². The van der Waals surface area contributed by atoms with Gasteiger partial charge in [0.1, 0.15) is 0 Å². The van der Waals surface area contributed by atoms with Gasteiger partial charge in [-0.1, -0.05) is 13.8 Å². The second-order valence-electron chi connectivity index (χ2n) is 5.52. The molecule has 0 aromatic heterocycles. The first kappa shape index (κ1) is 16.6. The SMILES string of the molecule is CCN(CC)CCC1CNC(=O)c2cc(OC)c(OC)cc21. The molecule has 1 N–H and O–H groups in total. The van der Waals surface area contributed by atoms with Gasteiger partial charge >= 0.3 is 0 Å². The van der Waals surface area contributed by atoms with Crippen molar-refractivity contribution in [2.45, 2.75) is 26.2 Å². The monoisotopic (exact) mass is 306 g/mol. The molecule has 1 amide bonds. The Bertz CT molecular complexity index is 527. The van der Waals surface area contributed by atoms with Gasteiger partial charge in [-0.15, -0.1) is 0 Å². The summed E-state index contributed by atoms with van der Waals surface area (Å²) in [4.78, 5) is 14.5. The number of carbonyl (C=O) groups is 1. The summed E-state index contributed by atoms with van der Waals surface area (Å²) in [5, 5.41) is 2.98. The molecule has 0 saturated heterocycles. The third-order valence-electron chi connectivity index (χ3n) is 4.44. The second-order valence-corrected chi connectivity index (χ2v) is 5.52. The number of hydrogen-bond acceptors (Lipinski definition) is 4.